The van der Waals surface area contributed by atoms with Crippen LogP contribution in [0.5, 0.6) is 11.5 Å². The van der Waals surface area contributed by atoms with Crippen molar-refractivity contribution in [2.75, 3.05) is 30.9 Å². The standard InChI is InChI=1S/C23H23N4O2/c1-17-4-6-18(7-5-17)23-24-26(19-8-12-21(28-2)13-9-19)16-27(25-23)20-10-14-22(29-3)15-11-20/h4-15H,16H2,1-3H3. The minimum absolute atomic E-state index is 0.494. The zero-order valence-electron chi connectivity index (χ0n) is 16.7. The quantitative estimate of drug-likeness (QED) is 0.659. The van der Waals surface area contributed by atoms with E-state index in [1.165, 1.54) is 5.56 Å². The topological polar surface area (TPSA) is 51.4 Å². The lowest BCUT2D eigenvalue weighted by atomic mass is 10.1. The number of hydrogen-bond acceptors (Lipinski definition) is 5. The number of benzene rings is 3. The summed E-state index contributed by atoms with van der Waals surface area (Å²) in [5.41, 5.74) is 8.88. The fourth-order valence-corrected chi connectivity index (χ4v) is 3.04. The number of anilines is 2. The third-order valence-corrected chi connectivity index (χ3v) is 4.75. The van der Waals surface area contributed by atoms with Crippen molar-refractivity contribution in [3.05, 3.63) is 83.9 Å². The lowest BCUT2D eigenvalue weighted by molar-refractivity contribution is 0.414. The average molecular weight is 387 g/mol. The molecular weight excluding hydrogens is 364 g/mol. The van der Waals surface area contributed by atoms with Crippen LogP contribution < -0.4 is 24.9 Å². The van der Waals surface area contributed by atoms with Gasteiger partial charge in [0, 0.05) is 5.56 Å². The fraction of sp³-hybridized carbons (Fsp3) is 0.174. The summed E-state index contributed by atoms with van der Waals surface area (Å²) in [6.07, 6.45) is 0. The maximum atomic E-state index is 5.28. The molecule has 0 atom stereocenters. The Morgan fingerprint density at radius 1 is 0.690 bits per heavy atom. The van der Waals surface area contributed by atoms with Gasteiger partial charge in [0.05, 0.1) is 25.6 Å². The zero-order valence-corrected chi connectivity index (χ0v) is 16.7. The average Bonchev–Trinajstić information content (AvgIpc) is 2.79. The molecule has 1 radical (unpaired) electrons. The first-order chi connectivity index (χ1) is 14.2. The Labute approximate surface area is 170 Å². The van der Waals surface area contributed by atoms with E-state index in [0.29, 0.717) is 12.5 Å². The van der Waals surface area contributed by atoms with E-state index in [9.17, 15) is 0 Å². The monoisotopic (exact) mass is 387 g/mol. The number of nitrogens with zero attached hydrogens (tertiary/aromatic N) is 4. The van der Waals surface area contributed by atoms with Crippen LogP contribution in [0.3, 0.4) is 0 Å². The van der Waals surface area contributed by atoms with Crippen molar-refractivity contribution >= 4 is 17.2 Å². The highest BCUT2D eigenvalue weighted by Crippen LogP contribution is 2.26. The molecule has 1 aliphatic heterocycles. The van der Waals surface area contributed by atoms with Crippen LogP contribution in [0.4, 0.5) is 11.4 Å². The van der Waals surface area contributed by atoms with Gasteiger partial charge >= 0.3 is 0 Å². The number of ether oxygens (including phenoxy) is 2. The van der Waals surface area contributed by atoms with E-state index in [2.05, 4.69) is 19.1 Å². The van der Waals surface area contributed by atoms with Crippen LogP contribution >= 0.6 is 0 Å². The second kappa shape index (κ2) is 8.14. The first-order valence-electron chi connectivity index (χ1n) is 9.37. The third-order valence-electron chi connectivity index (χ3n) is 4.75. The first kappa shape index (κ1) is 18.7. The third kappa shape index (κ3) is 4.11. The van der Waals surface area contributed by atoms with E-state index in [0.717, 1.165) is 28.4 Å². The van der Waals surface area contributed by atoms with Crippen LogP contribution in [-0.4, -0.2) is 26.7 Å². The molecule has 0 unspecified atom stereocenters. The molecule has 0 saturated heterocycles. The number of amidine groups is 1. The summed E-state index contributed by atoms with van der Waals surface area (Å²) in [4.78, 5) is 0. The Morgan fingerprint density at radius 2 is 1.21 bits per heavy atom. The van der Waals surface area contributed by atoms with Crippen LogP contribution in [0, 0.1) is 6.92 Å². The molecule has 3 aromatic rings. The molecule has 1 heterocycles. The molecule has 0 amide bonds. The van der Waals surface area contributed by atoms with Gasteiger partial charge in [-0.1, -0.05) is 29.8 Å². The van der Waals surface area contributed by atoms with Crippen LogP contribution in [0.25, 0.3) is 0 Å². The lowest BCUT2D eigenvalue weighted by Gasteiger charge is -2.34. The molecule has 4 rings (SSSR count). The molecule has 0 aliphatic carbocycles. The summed E-state index contributed by atoms with van der Waals surface area (Å²) in [5, 5.41) is 8.67. The Morgan fingerprint density at radius 3 is 1.72 bits per heavy atom. The predicted molar refractivity (Wildman–Crippen MR) is 116 cm³/mol. The SMILES string of the molecule is COc1ccc(N2CN(c3ccc(OC)cc3)N=C(c3ccc(C)cc3)[N]2)cc1. The molecule has 0 fully saturated rings. The Bertz CT molecular complexity index is 983. The number of hydrogen-bond donors (Lipinski definition) is 0. The molecule has 0 saturated carbocycles. The predicted octanol–water partition coefficient (Wildman–Crippen LogP) is 4.18. The number of aryl methyl sites for hydroxylation is 1. The van der Waals surface area contributed by atoms with E-state index >= 15 is 0 Å². The van der Waals surface area contributed by atoms with Crippen molar-refractivity contribution in [2.45, 2.75) is 6.92 Å². The minimum atomic E-state index is 0.494. The summed E-state index contributed by atoms with van der Waals surface area (Å²) in [5.74, 6) is 2.28. The second-order valence-corrected chi connectivity index (χ2v) is 6.73. The number of rotatable bonds is 5. The molecule has 3 aromatic carbocycles. The van der Waals surface area contributed by atoms with Crippen molar-refractivity contribution in [2.24, 2.45) is 5.10 Å². The van der Waals surface area contributed by atoms with E-state index in [1.54, 1.807) is 14.2 Å². The van der Waals surface area contributed by atoms with Crippen LogP contribution in [-0.2, 0) is 0 Å². The fourth-order valence-electron chi connectivity index (χ4n) is 3.04. The molecule has 0 N–H and O–H groups in total. The molecule has 0 spiro atoms. The summed E-state index contributed by atoms with van der Waals surface area (Å²) in [6, 6.07) is 23.9. The molecule has 0 aromatic heterocycles. The van der Waals surface area contributed by atoms with Gasteiger partial charge in [0.25, 0.3) is 0 Å². The molecule has 0 bridgehead atoms. The molecular formula is C23H23N4O2. The van der Waals surface area contributed by atoms with Crippen molar-refractivity contribution in [3.8, 4) is 11.5 Å². The van der Waals surface area contributed by atoms with Crippen molar-refractivity contribution < 1.29 is 9.47 Å². The lowest BCUT2D eigenvalue weighted by Crippen LogP contribution is -2.48. The molecule has 6 heteroatoms. The Kier molecular flexibility index (Phi) is 5.24. The van der Waals surface area contributed by atoms with Gasteiger partial charge in [-0.15, -0.1) is 10.5 Å². The molecule has 6 nitrogen and oxygen atoms in total. The van der Waals surface area contributed by atoms with Crippen molar-refractivity contribution in [3.63, 3.8) is 0 Å². The maximum absolute atomic E-state index is 5.28. The van der Waals surface area contributed by atoms with E-state index in [4.69, 9.17) is 20.0 Å². The Hall–Kier alpha value is -3.67. The normalized spacial score (nSPS) is 13.6. The van der Waals surface area contributed by atoms with E-state index in [-0.39, 0.29) is 0 Å². The highest BCUT2D eigenvalue weighted by molar-refractivity contribution is 6.00. The smallest absolute Gasteiger partial charge is 0.199 e. The first-order valence-corrected chi connectivity index (χ1v) is 9.37. The Balaban J connectivity index is 1.69. The van der Waals surface area contributed by atoms with Gasteiger partial charge < -0.3 is 9.47 Å². The van der Waals surface area contributed by atoms with Gasteiger partial charge in [0.1, 0.15) is 18.2 Å². The highest BCUT2D eigenvalue weighted by atomic mass is 16.5. The molecule has 1 aliphatic rings. The molecule has 147 valence electrons. The van der Waals surface area contributed by atoms with Gasteiger partial charge in [0.2, 0.25) is 0 Å². The van der Waals surface area contributed by atoms with Crippen LogP contribution in [0.1, 0.15) is 11.1 Å². The summed E-state index contributed by atoms with van der Waals surface area (Å²) in [7, 11) is 3.32. The molecule has 29 heavy (non-hydrogen) atoms. The second-order valence-electron chi connectivity index (χ2n) is 6.73. The van der Waals surface area contributed by atoms with Gasteiger partial charge in [-0.3, -0.25) is 0 Å². The summed E-state index contributed by atoms with van der Waals surface area (Å²) < 4.78 is 10.6. The van der Waals surface area contributed by atoms with Crippen molar-refractivity contribution in [1.82, 2.24) is 5.43 Å². The maximum Gasteiger partial charge on any atom is 0.199 e. The zero-order chi connectivity index (χ0) is 20.2. The number of methoxy groups -OCH3 is 2. The highest BCUT2D eigenvalue weighted by Gasteiger charge is 2.23. The van der Waals surface area contributed by atoms with E-state index < -0.39 is 0 Å². The van der Waals surface area contributed by atoms with Gasteiger partial charge in [-0.2, -0.15) is 0 Å². The largest absolute Gasteiger partial charge is 0.497 e. The van der Waals surface area contributed by atoms with Crippen LogP contribution in [0.15, 0.2) is 77.9 Å². The minimum Gasteiger partial charge on any atom is -0.497 e. The summed E-state index contributed by atoms with van der Waals surface area (Å²) >= 11 is 0. The van der Waals surface area contributed by atoms with Crippen molar-refractivity contribution in [1.29, 1.82) is 0 Å². The number of hydrazone groups is 1. The summed E-state index contributed by atoms with van der Waals surface area (Å²) in [6.45, 7) is 2.56. The van der Waals surface area contributed by atoms with E-state index in [1.807, 2.05) is 70.7 Å². The van der Waals surface area contributed by atoms with Crippen LogP contribution in [0.2, 0.25) is 0 Å². The van der Waals surface area contributed by atoms with Gasteiger partial charge in [-0.25, -0.2) is 10.0 Å². The van der Waals surface area contributed by atoms with Gasteiger partial charge in [0.15, 0.2) is 5.84 Å². The van der Waals surface area contributed by atoms with Gasteiger partial charge in [-0.05, 0) is 55.5 Å².